The van der Waals surface area contributed by atoms with Gasteiger partial charge in [0.15, 0.2) is 11.5 Å². The van der Waals surface area contributed by atoms with Crippen LogP contribution in [0.3, 0.4) is 0 Å². The van der Waals surface area contributed by atoms with Crippen molar-refractivity contribution in [3.63, 3.8) is 0 Å². The predicted octanol–water partition coefficient (Wildman–Crippen LogP) is 2.22. The first kappa shape index (κ1) is 28.7. The molecule has 2 amide bonds. The number of carboxylic acids is 1. The first-order valence-corrected chi connectivity index (χ1v) is 11.3. The Labute approximate surface area is 218 Å². The molecule has 1 fully saturated rings. The van der Waals surface area contributed by atoms with Gasteiger partial charge in [-0.15, -0.1) is 0 Å². The summed E-state index contributed by atoms with van der Waals surface area (Å²) >= 11 is 0. The van der Waals surface area contributed by atoms with Gasteiger partial charge in [-0.25, -0.2) is 4.79 Å². The average molecular weight is 552 g/mol. The van der Waals surface area contributed by atoms with Crippen molar-refractivity contribution in [2.45, 2.75) is 37.6 Å². The molecule has 0 spiro atoms. The van der Waals surface area contributed by atoms with E-state index in [1.807, 2.05) is 0 Å². The van der Waals surface area contributed by atoms with Crippen molar-refractivity contribution < 1.29 is 51.7 Å². The van der Waals surface area contributed by atoms with Crippen LogP contribution in [0, 0.1) is 5.41 Å². The predicted molar refractivity (Wildman–Crippen MR) is 127 cm³/mol. The summed E-state index contributed by atoms with van der Waals surface area (Å²) in [5, 5.41) is 20.0. The third-order valence-electron chi connectivity index (χ3n) is 5.38. The molecule has 15 heteroatoms. The van der Waals surface area contributed by atoms with Gasteiger partial charge in [0.2, 0.25) is 18.6 Å². The molecule has 12 nitrogen and oxygen atoms in total. The number of rotatable bonds is 7. The molecule has 1 saturated heterocycles. The van der Waals surface area contributed by atoms with Crippen molar-refractivity contribution in [3.8, 4) is 11.5 Å². The summed E-state index contributed by atoms with van der Waals surface area (Å²) in [5.41, 5.74) is 7.18. The van der Waals surface area contributed by atoms with E-state index >= 15 is 0 Å². The summed E-state index contributed by atoms with van der Waals surface area (Å²) in [6.45, 7) is 0.131. The normalized spacial score (nSPS) is 17.4. The van der Waals surface area contributed by atoms with E-state index in [4.69, 9.17) is 35.3 Å². The molecule has 2 atom stereocenters. The van der Waals surface area contributed by atoms with Crippen LogP contribution in [0.25, 0.3) is 0 Å². The summed E-state index contributed by atoms with van der Waals surface area (Å²) in [6, 6.07) is 11.2. The molecule has 0 radical (unpaired) electrons. The van der Waals surface area contributed by atoms with Crippen LogP contribution in [0.5, 0.6) is 11.5 Å². The van der Waals surface area contributed by atoms with Gasteiger partial charge in [-0.2, -0.15) is 13.2 Å². The van der Waals surface area contributed by atoms with Gasteiger partial charge in [0.1, 0.15) is 11.9 Å². The fourth-order valence-electron chi connectivity index (χ4n) is 3.54. The summed E-state index contributed by atoms with van der Waals surface area (Å²) < 4.78 is 47.8. The molecule has 0 aromatic heterocycles. The van der Waals surface area contributed by atoms with E-state index in [0.717, 1.165) is 0 Å². The zero-order valence-corrected chi connectivity index (χ0v) is 20.0. The molecule has 0 bridgehead atoms. The SMILES string of the molecule is N=C(N)c1ccc(NC(=O)CCC(=O)N[C@H]2CC(=O)OC2c2ccc3c(c2)OCO3)cc1.O=C(O)C(F)(F)F. The van der Waals surface area contributed by atoms with Crippen LogP contribution in [0.15, 0.2) is 42.5 Å². The zero-order chi connectivity index (χ0) is 28.7. The summed E-state index contributed by atoms with van der Waals surface area (Å²) in [5.74, 6) is -2.75. The molecule has 1 unspecified atom stereocenters. The molecule has 39 heavy (non-hydrogen) atoms. The van der Waals surface area contributed by atoms with Crippen LogP contribution < -0.4 is 25.8 Å². The molecule has 2 aromatic carbocycles. The minimum absolute atomic E-state index is 0.0312. The number of amidine groups is 1. The number of carboxylic acid groups (broad SMARTS) is 1. The Hall–Kier alpha value is -4.82. The van der Waals surface area contributed by atoms with Crippen molar-refractivity contribution >= 4 is 35.3 Å². The van der Waals surface area contributed by atoms with E-state index in [2.05, 4.69) is 10.6 Å². The van der Waals surface area contributed by atoms with Gasteiger partial charge in [0.25, 0.3) is 0 Å². The van der Waals surface area contributed by atoms with Crippen LogP contribution in [-0.4, -0.2) is 53.7 Å². The number of esters is 1. The lowest BCUT2D eigenvalue weighted by Crippen LogP contribution is -2.37. The zero-order valence-electron chi connectivity index (χ0n) is 20.0. The number of nitrogens with two attached hydrogens (primary N) is 1. The number of nitrogens with one attached hydrogen (secondary N) is 3. The maximum Gasteiger partial charge on any atom is 0.490 e. The maximum absolute atomic E-state index is 12.4. The number of hydrogen-bond acceptors (Lipinski definition) is 8. The Morgan fingerprint density at radius 1 is 1.03 bits per heavy atom. The molecule has 2 aromatic rings. The van der Waals surface area contributed by atoms with Crippen molar-refractivity contribution in [3.05, 3.63) is 53.6 Å². The molecule has 0 aliphatic carbocycles. The smallest absolute Gasteiger partial charge is 0.475 e. The van der Waals surface area contributed by atoms with E-state index in [9.17, 15) is 27.6 Å². The van der Waals surface area contributed by atoms with Crippen molar-refractivity contribution in [2.24, 2.45) is 5.73 Å². The number of anilines is 1. The number of carbonyl (C=O) groups is 4. The fraction of sp³-hybridized carbons (Fsp3) is 0.292. The second-order valence-corrected chi connectivity index (χ2v) is 8.24. The lowest BCUT2D eigenvalue weighted by Gasteiger charge is -2.19. The Bertz CT molecular complexity index is 1270. The monoisotopic (exact) mass is 552 g/mol. The molecule has 2 aliphatic heterocycles. The van der Waals surface area contributed by atoms with Crippen LogP contribution in [-0.2, 0) is 23.9 Å². The van der Waals surface area contributed by atoms with Crippen molar-refractivity contribution in [2.75, 3.05) is 12.1 Å². The highest BCUT2D eigenvalue weighted by atomic mass is 19.4. The van der Waals surface area contributed by atoms with Crippen LogP contribution in [0.2, 0.25) is 0 Å². The molecular weight excluding hydrogens is 529 g/mol. The van der Waals surface area contributed by atoms with Gasteiger partial charge in [-0.1, -0.05) is 6.07 Å². The van der Waals surface area contributed by atoms with Gasteiger partial charge in [-0.05, 0) is 42.0 Å². The van der Waals surface area contributed by atoms with E-state index in [1.54, 1.807) is 42.5 Å². The number of aliphatic carboxylic acids is 1. The molecule has 4 rings (SSSR count). The van der Waals surface area contributed by atoms with Crippen molar-refractivity contribution in [1.82, 2.24) is 5.32 Å². The number of fused-ring (bicyclic) bond motifs is 1. The first-order valence-electron chi connectivity index (χ1n) is 11.3. The maximum atomic E-state index is 12.4. The number of carbonyl (C=O) groups excluding carboxylic acids is 3. The number of hydrogen-bond donors (Lipinski definition) is 5. The number of alkyl halides is 3. The number of benzene rings is 2. The summed E-state index contributed by atoms with van der Waals surface area (Å²) in [6.07, 6.45) is -5.76. The Morgan fingerprint density at radius 2 is 1.64 bits per heavy atom. The van der Waals surface area contributed by atoms with E-state index in [1.165, 1.54) is 0 Å². The number of cyclic esters (lactones) is 1. The third-order valence-corrected chi connectivity index (χ3v) is 5.38. The van der Waals surface area contributed by atoms with E-state index in [0.29, 0.717) is 28.3 Å². The molecule has 6 N–H and O–H groups in total. The van der Waals surface area contributed by atoms with Gasteiger partial charge in [0, 0.05) is 24.1 Å². The molecule has 2 heterocycles. The van der Waals surface area contributed by atoms with Gasteiger partial charge >= 0.3 is 18.1 Å². The number of ether oxygens (including phenoxy) is 3. The molecule has 0 saturated carbocycles. The van der Waals surface area contributed by atoms with Gasteiger partial charge in [0.05, 0.1) is 12.5 Å². The minimum atomic E-state index is -5.08. The highest BCUT2D eigenvalue weighted by molar-refractivity contribution is 5.96. The molecule has 2 aliphatic rings. The number of amides is 2. The van der Waals surface area contributed by atoms with Crippen molar-refractivity contribution in [1.29, 1.82) is 5.41 Å². The van der Waals surface area contributed by atoms with E-state index in [-0.39, 0.29) is 43.7 Å². The lowest BCUT2D eigenvalue weighted by molar-refractivity contribution is -0.192. The van der Waals surface area contributed by atoms with Crippen LogP contribution in [0.1, 0.15) is 36.5 Å². The largest absolute Gasteiger partial charge is 0.490 e. The number of halogens is 3. The van der Waals surface area contributed by atoms with Crippen LogP contribution >= 0.6 is 0 Å². The average Bonchev–Trinajstić information content (AvgIpc) is 3.48. The summed E-state index contributed by atoms with van der Waals surface area (Å²) in [7, 11) is 0. The Kier molecular flexibility index (Phi) is 8.96. The van der Waals surface area contributed by atoms with Gasteiger partial charge < -0.3 is 35.7 Å². The highest BCUT2D eigenvalue weighted by Crippen LogP contribution is 2.38. The molecule has 208 valence electrons. The lowest BCUT2D eigenvalue weighted by atomic mass is 10.0. The third kappa shape index (κ3) is 8.08. The summed E-state index contributed by atoms with van der Waals surface area (Å²) in [4.78, 5) is 45.3. The second kappa shape index (κ2) is 12.1. The van der Waals surface area contributed by atoms with E-state index < -0.39 is 30.3 Å². The quantitative estimate of drug-likeness (QED) is 0.195. The molecular formula is C24H23F3N4O8. The van der Waals surface area contributed by atoms with Gasteiger partial charge in [-0.3, -0.25) is 19.8 Å². The minimum Gasteiger partial charge on any atom is -0.475 e. The number of nitrogen functional groups attached to an aromatic ring is 1. The Balaban J connectivity index is 0.000000532. The highest BCUT2D eigenvalue weighted by Gasteiger charge is 2.38. The Morgan fingerprint density at radius 3 is 2.26 bits per heavy atom. The van der Waals surface area contributed by atoms with Crippen LogP contribution in [0.4, 0.5) is 18.9 Å². The topological polar surface area (TPSA) is 190 Å². The first-order chi connectivity index (χ1) is 18.3. The fourth-order valence-corrected chi connectivity index (χ4v) is 3.54. The second-order valence-electron chi connectivity index (χ2n) is 8.24. The standard InChI is InChI=1S/C22H22N4O6.C2HF3O2/c23-22(24)12-1-4-14(5-2-12)25-18(27)7-8-19(28)26-15-10-20(29)32-21(15)13-3-6-16-17(9-13)31-11-30-16;3-2(4,5)1(6)7/h1-6,9,15,21H,7-8,10-11H2,(H3,23,24)(H,25,27)(H,26,28);(H,6,7)/t15-,21?;/m0./s1.